The minimum Gasteiger partial charge on any atom is -0.382 e. The molecule has 1 amide bonds. The van der Waals surface area contributed by atoms with E-state index in [4.69, 9.17) is 5.73 Å². The first-order chi connectivity index (χ1) is 10.0. The number of aromatic nitrogens is 1. The Kier molecular flexibility index (Phi) is 4.80. The van der Waals surface area contributed by atoms with Gasteiger partial charge in [-0.1, -0.05) is 36.5 Å². The summed E-state index contributed by atoms with van der Waals surface area (Å²) in [6.07, 6.45) is 1.02. The van der Waals surface area contributed by atoms with Crippen molar-refractivity contribution in [1.82, 2.24) is 4.98 Å². The number of para-hydroxylation sites is 1. The molecule has 0 spiro atoms. The molecule has 5 nitrogen and oxygen atoms in total. The first kappa shape index (κ1) is 15.3. The largest absolute Gasteiger partial charge is 0.382 e. The van der Waals surface area contributed by atoms with Gasteiger partial charge < -0.3 is 15.5 Å². The number of thiazole rings is 1. The van der Waals surface area contributed by atoms with Crippen molar-refractivity contribution in [3.05, 3.63) is 35.2 Å². The fourth-order valence-corrected chi connectivity index (χ4v) is 2.94. The van der Waals surface area contributed by atoms with Gasteiger partial charge in [-0.25, -0.2) is 4.98 Å². The lowest BCUT2D eigenvalue weighted by molar-refractivity contribution is 0.0997. The normalized spacial score (nSPS) is 10.4. The zero-order chi connectivity index (χ0) is 15.4. The fourth-order valence-electron chi connectivity index (χ4n) is 1.99. The van der Waals surface area contributed by atoms with Gasteiger partial charge in [-0.05, 0) is 18.6 Å². The molecule has 0 unspecified atom stereocenters. The van der Waals surface area contributed by atoms with Crippen molar-refractivity contribution in [2.24, 2.45) is 0 Å². The molecule has 2 N–H and O–H groups in total. The maximum atomic E-state index is 12.6. The molecule has 0 aliphatic rings. The molecule has 6 heteroatoms. The number of anilines is 3. The summed E-state index contributed by atoms with van der Waals surface area (Å²) in [6, 6.07) is 9.49. The van der Waals surface area contributed by atoms with E-state index in [1.807, 2.05) is 42.3 Å². The highest BCUT2D eigenvalue weighted by Crippen LogP contribution is 2.29. The van der Waals surface area contributed by atoms with Crippen LogP contribution in [-0.2, 0) is 0 Å². The molecule has 0 aliphatic carbocycles. The first-order valence-electron chi connectivity index (χ1n) is 6.85. The van der Waals surface area contributed by atoms with Crippen molar-refractivity contribution in [3.63, 3.8) is 0 Å². The summed E-state index contributed by atoms with van der Waals surface area (Å²) in [5.41, 5.74) is 6.75. The second-order valence-corrected chi connectivity index (χ2v) is 5.81. The Morgan fingerprint density at radius 2 is 1.95 bits per heavy atom. The third kappa shape index (κ3) is 3.33. The third-order valence-corrected chi connectivity index (χ3v) is 4.34. The van der Waals surface area contributed by atoms with E-state index < -0.39 is 0 Å². The van der Waals surface area contributed by atoms with Crippen LogP contribution in [0.1, 0.15) is 23.0 Å². The van der Waals surface area contributed by atoms with E-state index in [1.54, 1.807) is 11.9 Å². The monoisotopic (exact) mass is 304 g/mol. The lowest BCUT2D eigenvalue weighted by Crippen LogP contribution is -2.26. The van der Waals surface area contributed by atoms with Crippen LogP contribution in [0.5, 0.6) is 0 Å². The fraction of sp³-hybridized carbons (Fsp3) is 0.333. The Hall–Kier alpha value is -2.08. The zero-order valence-corrected chi connectivity index (χ0v) is 13.4. The van der Waals surface area contributed by atoms with Gasteiger partial charge in [0.25, 0.3) is 5.91 Å². The standard InChI is InChI=1S/C15H20N4OS/c1-4-10-18(2)15-17-13(16)12(21-15)14(20)19(3)11-8-6-5-7-9-11/h5-9H,4,10,16H2,1-3H3. The van der Waals surface area contributed by atoms with E-state index in [0.29, 0.717) is 10.7 Å². The highest BCUT2D eigenvalue weighted by atomic mass is 32.1. The minimum atomic E-state index is -0.132. The number of nitrogen functional groups attached to an aromatic ring is 1. The summed E-state index contributed by atoms with van der Waals surface area (Å²) in [7, 11) is 3.70. The third-order valence-electron chi connectivity index (χ3n) is 3.17. The van der Waals surface area contributed by atoms with Crippen molar-refractivity contribution in [1.29, 1.82) is 0 Å². The number of hydrogen-bond donors (Lipinski definition) is 1. The Labute approximate surface area is 129 Å². The van der Waals surface area contributed by atoms with Crippen LogP contribution in [0.25, 0.3) is 0 Å². The second kappa shape index (κ2) is 6.58. The van der Waals surface area contributed by atoms with Crippen molar-refractivity contribution in [3.8, 4) is 0 Å². The number of rotatable bonds is 5. The van der Waals surface area contributed by atoms with Gasteiger partial charge in [-0.3, -0.25) is 4.79 Å². The van der Waals surface area contributed by atoms with Crippen LogP contribution in [0.4, 0.5) is 16.6 Å². The molecule has 0 aliphatic heterocycles. The molecular weight excluding hydrogens is 284 g/mol. The molecule has 0 radical (unpaired) electrons. The van der Waals surface area contributed by atoms with Crippen molar-refractivity contribution >= 4 is 33.9 Å². The Morgan fingerprint density at radius 3 is 2.57 bits per heavy atom. The molecule has 21 heavy (non-hydrogen) atoms. The van der Waals surface area contributed by atoms with E-state index in [2.05, 4.69) is 11.9 Å². The van der Waals surface area contributed by atoms with Gasteiger partial charge in [0.1, 0.15) is 10.7 Å². The Balaban J connectivity index is 2.23. The van der Waals surface area contributed by atoms with Crippen molar-refractivity contribution in [2.75, 3.05) is 36.2 Å². The molecule has 0 bridgehead atoms. The molecule has 0 saturated carbocycles. The summed E-state index contributed by atoms with van der Waals surface area (Å²) in [5, 5.41) is 0.777. The SMILES string of the molecule is CCCN(C)c1nc(N)c(C(=O)N(C)c2ccccc2)s1. The number of carbonyl (C=O) groups excluding carboxylic acids is 1. The molecule has 1 heterocycles. The van der Waals surface area contributed by atoms with Gasteiger partial charge in [-0.2, -0.15) is 0 Å². The van der Waals surface area contributed by atoms with Crippen LogP contribution in [-0.4, -0.2) is 31.5 Å². The van der Waals surface area contributed by atoms with Crippen LogP contribution in [0, 0.1) is 0 Å². The summed E-state index contributed by atoms with van der Waals surface area (Å²) in [5.74, 6) is 0.165. The number of benzene rings is 1. The highest BCUT2D eigenvalue weighted by Gasteiger charge is 2.21. The van der Waals surface area contributed by atoms with Gasteiger partial charge in [0, 0.05) is 26.3 Å². The van der Waals surface area contributed by atoms with Crippen LogP contribution >= 0.6 is 11.3 Å². The maximum Gasteiger partial charge on any atom is 0.272 e. The average Bonchev–Trinajstić information content (AvgIpc) is 2.89. The molecule has 1 aromatic carbocycles. The zero-order valence-electron chi connectivity index (χ0n) is 12.5. The molecule has 2 rings (SSSR count). The Morgan fingerprint density at radius 1 is 1.29 bits per heavy atom. The van der Waals surface area contributed by atoms with E-state index in [1.165, 1.54) is 11.3 Å². The van der Waals surface area contributed by atoms with Gasteiger partial charge in [0.15, 0.2) is 5.13 Å². The lowest BCUT2D eigenvalue weighted by Gasteiger charge is -2.16. The molecule has 2 aromatic rings. The minimum absolute atomic E-state index is 0.132. The topological polar surface area (TPSA) is 62.5 Å². The Bertz CT molecular complexity index is 611. The van der Waals surface area contributed by atoms with Crippen LogP contribution in [0.15, 0.2) is 30.3 Å². The number of nitrogens with two attached hydrogens (primary N) is 1. The number of hydrogen-bond acceptors (Lipinski definition) is 5. The first-order valence-corrected chi connectivity index (χ1v) is 7.66. The quantitative estimate of drug-likeness (QED) is 0.922. The van der Waals surface area contributed by atoms with E-state index in [9.17, 15) is 4.79 Å². The van der Waals surface area contributed by atoms with Gasteiger partial charge in [-0.15, -0.1) is 0 Å². The van der Waals surface area contributed by atoms with Gasteiger partial charge in [0.05, 0.1) is 0 Å². The maximum absolute atomic E-state index is 12.6. The molecule has 1 aromatic heterocycles. The number of amides is 1. The molecule has 0 saturated heterocycles. The number of carbonyl (C=O) groups is 1. The molecule has 0 atom stereocenters. The van der Waals surface area contributed by atoms with Crippen LogP contribution in [0.3, 0.4) is 0 Å². The van der Waals surface area contributed by atoms with E-state index >= 15 is 0 Å². The predicted molar refractivity (Wildman–Crippen MR) is 89.3 cm³/mol. The highest BCUT2D eigenvalue weighted by molar-refractivity contribution is 7.18. The lowest BCUT2D eigenvalue weighted by atomic mass is 10.3. The molecule has 0 fully saturated rings. The average molecular weight is 304 g/mol. The van der Waals surface area contributed by atoms with Crippen molar-refractivity contribution in [2.45, 2.75) is 13.3 Å². The summed E-state index contributed by atoms with van der Waals surface area (Å²) in [6.45, 7) is 2.98. The second-order valence-electron chi connectivity index (χ2n) is 4.83. The van der Waals surface area contributed by atoms with Crippen LogP contribution < -0.4 is 15.5 Å². The van der Waals surface area contributed by atoms with Crippen molar-refractivity contribution < 1.29 is 4.79 Å². The van der Waals surface area contributed by atoms with Gasteiger partial charge >= 0.3 is 0 Å². The summed E-state index contributed by atoms with van der Waals surface area (Å²) < 4.78 is 0. The predicted octanol–water partition coefficient (Wildman–Crippen LogP) is 2.85. The molecule has 112 valence electrons. The number of nitrogens with zero attached hydrogens (tertiary/aromatic N) is 3. The van der Waals surface area contributed by atoms with E-state index in [-0.39, 0.29) is 5.91 Å². The smallest absolute Gasteiger partial charge is 0.272 e. The van der Waals surface area contributed by atoms with Crippen LogP contribution in [0.2, 0.25) is 0 Å². The summed E-state index contributed by atoms with van der Waals surface area (Å²) in [4.78, 5) is 20.9. The van der Waals surface area contributed by atoms with E-state index in [0.717, 1.165) is 23.8 Å². The van der Waals surface area contributed by atoms with Gasteiger partial charge in [0.2, 0.25) is 0 Å². The summed E-state index contributed by atoms with van der Waals surface area (Å²) >= 11 is 1.34. The molecular formula is C15H20N4OS.